The summed E-state index contributed by atoms with van der Waals surface area (Å²) in [4.78, 5) is 26.7. The van der Waals surface area contributed by atoms with Gasteiger partial charge in [-0.05, 0) is 48.6 Å². The normalized spacial score (nSPS) is 16.2. The maximum Gasteiger partial charge on any atom is 0.328 e. The van der Waals surface area contributed by atoms with Gasteiger partial charge in [0.2, 0.25) is 5.91 Å². The van der Waals surface area contributed by atoms with Gasteiger partial charge in [0.25, 0.3) is 0 Å². The molecule has 33 heavy (non-hydrogen) atoms. The average Bonchev–Trinajstić information content (AvgIpc) is 2.83. The Balaban J connectivity index is 1.59. The number of guanidine groups is 1. The van der Waals surface area contributed by atoms with E-state index in [9.17, 15) is 9.59 Å². The van der Waals surface area contributed by atoms with Gasteiger partial charge in [0, 0.05) is 37.1 Å². The maximum atomic E-state index is 12.6. The van der Waals surface area contributed by atoms with Crippen molar-refractivity contribution < 1.29 is 14.3 Å². The van der Waals surface area contributed by atoms with Crippen molar-refractivity contribution in [3.8, 4) is 11.8 Å². The second kappa shape index (κ2) is 11.7. The minimum Gasteiger partial charge on any atom is -0.467 e. The first-order valence-electron chi connectivity index (χ1n) is 11.1. The monoisotopic (exact) mass is 446 g/mol. The van der Waals surface area contributed by atoms with Crippen LogP contribution in [-0.2, 0) is 20.7 Å². The van der Waals surface area contributed by atoms with E-state index < -0.39 is 12.0 Å². The Hall–Kier alpha value is -3.79. The third kappa shape index (κ3) is 7.39. The lowest BCUT2D eigenvalue weighted by atomic mass is 9.94. The smallest absolute Gasteiger partial charge is 0.328 e. The number of esters is 1. The number of amides is 1. The van der Waals surface area contributed by atoms with E-state index >= 15 is 0 Å². The molecule has 0 spiro atoms. The first kappa shape index (κ1) is 23.9. The number of hydrogen-bond acceptors (Lipinski definition) is 4. The summed E-state index contributed by atoms with van der Waals surface area (Å²) in [5, 5.41) is 10.4. The van der Waals surface area contributed by atoms with Crippen molar-refractivity contribution in [1.82, 2.24) is 10.2 Å². The highest BCUT2D eigenvalue weighted by Gasteiger charge is 2.26. The van der Waals surface area contributed by atoms with Gasteiger partial charge in [0.05, 0.1) is 7.11 Å². The number of likely N-dealkylation sites (tertiary alicyclic amines) is 1. The number of nitrogens with zero attached hydrogens (tertiary/aromatic N) is 1. The third-order valence-corrected chi connectivity index (χ3v) is 5.67. The van der Waals surface area contributed by atoms with Crippen LogP contribution in [0.4, 0.5) is 0 Å². The number of methoxy groups -OCH3 is 1. The summed E-state index contributed by atoms with van der Waals surface area (Å²) >= 11 is 0. The van der Waals surface area contributed by atoms with Crippen LogP contribution in [0.1, 0.15) is 36.0 Å². The lowest BCUT2D eigenvalue weighted by Gasteiger charge is -2.32. The first-order chi connectivity index (χ1) is 15.9. The van der Waals surface area contributed by atoms with Crippen LogP contribution in [0.3, 0.4) is 0 Å². The lowest BCUT2D eigenvalue weighted by Crippen LogP contribution is -2.46. The average molecular weight is 447 g/mol. The standard InChI is InChI=1S/C26H30N4O3/c1-33-25(32)23(29-24(31)17-22-8-5-15-30(18-22)26(27)28)16-21-13-11-20(12-14-21)10-9-19-6-3-2-4-7-19/h2-4,6-7,11-14,22-23H,5,8,15-18H2,1H3,(H3,27,28)(H,29,31)/t22-,23+/m1/s1. The van der Waals surface area contributed by atoms with E-state index in [2.05, 4.69) is 17.2 Å². The van der Waals surface area contributed by atoms with Crippen molar-refractivity contribution in [2.45, 2.75) is 31.7 Å². The molecule has 7 heteroatoms. The second-order valence-corrected chi connectivity index (χ2v) is 8.20. The molecule has 172 valence electrons. The van der Waals surface area contributed by atoms with Gasteiger partial charge in [0.1, 0.15) is 6.04 Å². The van der Waals surface area contributed by atoms with Gasteiger partial charge in [0.15, 0.2) is 5.96 Å². The summed E-state index contributed by atoms with van der Waals surface area (Å²) in [6.07, 6.45) is 2.39. The molecule has 3 rings (SSSR count). The van der Waals surface area contributed by atoms with Crippen LogP contribution in [0.5, 0.6) is 0 Å². The number of nitrogens with two attached hydrogens (primary N) is 1. The van der Waals surface area contributed by atoms with Crippen LogP contribution in [-0.4, -0.2) is 49.0 Å². The number of nitrogens with one attached hydrogen (secondary N) is 2. The molecule has 2 aromatic carbocycles. The highest BCUT2D eigenvalue weighted by atomic mass is 16.5. The number of ether oxygens (including phenoxy) is 1. The zero-order chi connectivity index (χ0) is 23.6. The maximum absolute atomic E-state index is 12.6. The summed E-state index contributed by atoms with van der Waals surface area (Å²) in [5.74, 6) is 5.69. The number of piperidine rings is 1. The fourth-order valence-electron chi connectivity index (χ4n) is 3.93. The molecule has 2 aromatic rings. The molecule has 7 nitrogen and oxygen atoms in total. The molecule has 0 aromatic heterocycles. The molecule has 0 aliphatic carbocycles. The van der Waals surface area contributed by atoms with Crippen LogP contribution >= 0.6 is 0 Å². The molecular weight excluding hydrogens is 416 g/mol. The summed E-state index contributed by atoms with van der Waals surface area (Å²) < 4.78 is 4.91. The van der Waals surface area contributed by atoms with E-state index in [1.54, 1.807) is 4.90 Å². The SMILES string of the molecule is COC(=O)[C@H](Cc1ccc(C#Cc2ccccc2)cc1)NC(=O)C[C@H]1CCCN(C(=N)N)C1. The summed E-state index contributed by atoms with van der Waals surface area (Å²) in [6, 6.07) is 16.6. The van der Waals surface area contributed by atoms with E-state index in [0.717, 1.165) is 36.1 Å². The molecule has 1 aliphatic heterocycles. The highest BCUT2D eigenvalue weighted by molar-refractivity contribution is 5.85. The Kier molecular flexibility index (Phi) is 8.48. The molecule has 1 saturated heterocycles. The number of hydrogen-bond donors (Lipinski definition) is 3. The summed E-state index contributed by atoms with van der Waals surface area (Å²) in [6.45, 7) is 1.32. The van der Waals surface area contributed by atoms with Gasteiger partial charge < -0.3 is 20.7 Å². The van der Waals surface area contributed by atoms with Crippen molar-refractivity contribution >= 4 is 17.8 Å². The Morgan fingerprint density at radius 3 is 2.45 bits per heavy atom. The van der Waals surface area contributed by atoms with Crippen molar-refractivity contribution in [1.29, 1.82) is 5.41 Å². The highest BCUT2D eigenvalue weighted by Crippen LogP contribution is 2.19. The van der Waals surface area contributed by atoms with Crippen molar-refractivity contribution in [2.75, 3.05) is 20.2 Å². The second-order valence-electron chi connectivity index (χ2n) is 8.20. The summed E-state index contributed by atoms with van der Waals surface area (Å²) in [7, 11) is 1.32. The Morgan fingerprint density at radius 2 is 1.82 bits per heavy atom. The van der Waals surface area contributed by atoms with Gasteiger partial charge in [-0.2, -0.15) is 0 Å². The van der Waals surface area contributed by atoms with Crippen LogP contribution in [0.25, 0.3) is 0 Å². The largest absolute Gasteiger partial charge is 0.467 e. The van der Waals surface area contributed by atoms with Crippen molar-refractivity contribution in [2.24, 2.45) is 11.7 Å². The first-order valence-corrected chi connectivity index (χ1v) is 11.1. The minimum absolute atomic E-state index is 0.0319. The zero-order valence-corrected chi connectivity index (χ0v) is 18.8. The quantitative estimate of drug-likeness (QED) is 0.273. The zero-order valence-electron chi connectivity index (χ0n) is 18.8. The van der Waals surface area contributed by atoms with E-state index in [0.29, 0.717) is 13.0 Å². The van der Waals surface area contributed by atoms with Gasteiger partial charge in [-0.15, -0.1) is 0 Å². The minimum atomic E-state index is -0.767. The van der Waals surface area contributed by atoms with Gasteiger partial charge in [-0.3, -0.25) is 10.2 Å². The fraction of sp³-hybridized carbons (Fsp3) is 0.346. The third-order valence-electron chi connectivity index (χ3n) is 5.67. The molecule has 4 N–H and O–H groups in total. The number of benzene rings is 2. The van der Waals surface area contributed by atoms with E-state index in [4.69, 9.17) is 15.9 Å². The summed E-state index contributed by atoms with van der Waals surface area (Å²) in [5.41, 5.74) is 8.30. The predicted molar refractivity (Wildman–Crippen MR) is 127 cm³/mol. The van der Waals surface area contributed by atoms with Crippen LogP contribution in [0.15, 0.2) is 54.6 Å². The Morgan fingerprint density at radius 1 is 1.15 bits per heavy atom. The van der Waals surface area contributed by atoms with Crippen molar-refractivity contribution in [3.63, 3.8) is 0 Å². The molecule has 0 unspecified atom stereocenters. The fourth-order valence-corrected chi connectivity index (χ4v) is 3.93. The lowest BCUT2D eigenvalue weighted by molar-refractivity contribution is -0.145. The van der Waals surface area contributed by atoms with Gasteiger partial charge >= 0.3 is 5.97 Å². The van der Waals surface area contributed by atoms with Crippen molar-refractivity contribution in [3.05, 3.63) is 71.3 Å². The van der Waals surface area contributed by atoms with Gasteiger partial charge in [-0.25, -0.2) is 4.79 Å². The molecule has 0 radical (unpaired) electrons. The molecule has 0 bridgehead atoms. The van der Waals surface area contributed by atoms with Crippen LogP contribution in [0, 0.1) is 23.2 Å². The molecule has 1 aliphatic rings. The number of carbonyl (C=O) groups excluding carboxylic acids is 2. The molecule has 1 fully saturated rings. The van der Waals surface area contributed by atoms with E-state index in [-0.39, 0.29) is 24.2 Å². The van der Waals surface area contributed by atoms with E-state index in [1.807, 2.05) is 54.6 Å². The Labute approximate surface area is 194 Å². The number of rotatable bonds is 6. The Bertz CT molecular complexity index is 1020. The van der Waals surface area contributed by atoms with Gasteiger partial charge in [-0.1, -0.05) is 42.2 Å². The van der Waals surface area contributed by atoms with Crippen LogP contribution < -0.4 is 11.1 Å². The molecule has 0 saturated carbocycles. The topological polar surface area (TPSA) is 109 Å². The molecular formula is C26H30N4O3. The molecule has 1 heterocycles. The van der Waals surface area contributed by atoms with Crippen LogP contribution in [0.2, 0.25) is 0 Å². The number of carbonyl (C=O) groups is 2. The van der Waals surface area contributed by atoms with E-state index in [1.165, 1.54) is 7.11 Å². The molecule has 2 atom stereocenters. The molecule has 1 amide bonds. The predicted octanol–water partition coefficient (Wildman–Crippen LogP) is 2.28.